The highest BCUT2D eigenvalue weighted by atomic mass is 15.0. The van der Waals surface area contributed by atoms with Crippen molar-refractivity contribution in [2.24, 2.45) is 0 Å². The van der Waals surface area contributed by atoms with Gasteiger partial charge in [-0.1, -0.05) is 164 Å². The van der Waals surface area contributed by atoms with Crippen LogP contribution in [0.4, 0.5) is 0 Å². The van der Waals surface area contributed by atoms with E-state index in [4.69, 9.17) is 0 Å². The van der Waals surface area contributed by atoms with Gasteiger partial charge in [0.15, 0.2) is 0 Å². The first-order chi connectivity index (χ1) is 25.7. The van der Waals surface area contributed by atoms with Gasteiger partial charge in [-0.3, -0.25) is 0 Å². The molecule has 2 nitrogen and oxygen atoms in total. The molecule has 0 N–H and O–H groups in total. The fourth-order valence-electron chi connectivity index (χ4n) is 7.96. The third-order valence-corrected chi connectivity index (χ3v) is 10.4. The van der Waals surface area contributed by atoms with Gasteiger partial charge in [-0.25, -0.2) is 0 Å². The van der Waals surface area contributed by atoms with Gasteiger partial charge in [0.25, 0.3) is 0 Å². The molecule has 0 aliphatic carbocycles. The zero-order chi connectivity index (χ0) is 35.0. The summed E-state index contributed by atoms with van der Waals surface area (Å²) in [7, 11) is 0. The van der Waals surface area contributed by atoms with Crippen LogP contribution in [0.3, 0.4) is 0 Å². The van der Waals surface area contributed by atoms with E-state index in [9.17, 15) is 0 Å². The number of aromatic nitrogens is 2. The quantitative estimate of drug-likeness (QED) is 0.143. The molecule has 9 aromatic rings. The Morgan fingerprint density at radius 2 is 1.17 bits per heavy atom. The fourth-order valence-corrected chi connectivity index (χ4v) is 7.96. The highest BCUT2D eigenvalue weighted by molar-refractivity contribution is 6.11. The van der Waals surface area contributed by atoms with E-state index in [1.54, 1.807) is 0 Å². The highest BCUT2D eigenvalue weighted by Crippen LogP contribution is 2.37. The Morgan fingerprint density at radius 1 is 0.558 bits per heavy atom. The Bertz CT molecular complexity index is 2810. The van der Waals surface area contributed by atoms with Crippen molar-refractivity contribution in [3.05, 3.63) is 206 Å². The molecule has 0 saturated heterocycles. The molecule has 0 amide bonds. The van der Waals surface area contributed by atoms with E-state index in [1.807, 2.05) is 6.08 Å². The Kier molecular flexibility index (Phi) is 7.98. The average Bonchev–Trinajstić information content (AvgIpc) is 3.71. The zero-order valence-electron chi connectivity index (χ0n) is 29.2. The van der Waals surface area contributed by atoms with Gasteiger partial charge in [-0.15, -0.1) is 0 Å². The van der Waals surface area contributed by atoms with Crippen LogP contribution in [0.2, 0.25) is 0 Å². The molecule has 9 rings (SSSR count). The number of fused-ring (bicyclic) bond motifs is 6. The molecular formula is C50H38N2. The van der Waals surface area contributed by atoms with Gasteiger partial charge in [0.05, 0.1) is 16.6 Å². The van der Waals surface area contributed by atoms with Crippen molar-refractivity contribution < 1.29 is 0 Å². The largest absolute Gasteiger partial charge is 0.336 e. The smallest absolute Gasteiger partial charge is 0.0547 e. The van der Waals surface area contributed by atoms with Crippen LogP contribution in [-0.4, -0.2) is 9.13 Å². The normalized spacial score (nSPS) is 12.1. The summed E-state index contributed by atoms with van der Waals surface area (Å²) in [5, 5.41) is 5.09. The second-order valence-electron chi connectivity index (χ2n) is 13.4. The van der Waals surface area contributed by atoms with Gasteiger partial charge in [0.1, 0.15) is 0 Å². The summed E-state index contributed by atoms with van der Waals surface area (Å²) in [6.45, 7) is 7.06. The number of benzene rings is 7. The van der Waals surface area contributed by atoms with Crippen molar-refractivity contribution in [3.63, 3.8) is 0 Å². The molecule has 2 aromatic heterocycles. The molecule has 0 saturated carbocycles. The summed E-state index contributed by atoms with van der Waals surface area (Å²) in [6, 6.07) is 59.1. The molecule has 0 radical (unpaired) electrons. The average molecular weight is 667 g/mol. The molecular weight excluding hydrogens is 629 g/mol. The maximum Gasteiger partial charge on any atom is 0.0547 e. The molecule has 248 valence electrons. The number of rotatable bonds is 8. The lowest BCUT2D eigenvalue weighted by atomic mass is 9.98. The number of hydrogen-bond donors (Lipinski definition) is 0. The van der Waals surface area contributed by atoms with E-state index in [0.29, 0.717) is 0 Å². The van der Waals surface area contributed by atoms with Crippen LogP contribution in [0.5, 0.6) is 0 Å². The van der Waals surface area contributed by atoms with Crippen LogP contribution in [0.25, 0.3) is 77.1 Å². The summed E-state index contributed by atoms with van der Waals surface area (Å²) in [5.41, 5.74) is 14.6. The summed E-state index contributed by atoms with van der Waals surface area (Å²) in [4.78, 5) is 0. The minimum absolute atomic E-state index is 0.751. The lowest BCUT2D eigenvalue weighted by molar-refractivity contribution is 0.896. The molecule has 0 fully saturated rings. The second-order valence-corrected chi connectivity index (χ2v) is 13.4. The maximum absolute atomic E-state index is 4.06. The van der Waals surface area contributed by atoms with Crippen LogP contribution in [0.15, 0.2) is 195 Å². The first kappa shape index (κ1) is 31.3. The third-order valence-electron chi connectivity index (χ3n) is 10.4. The highest BCUT2D eigenvalue weighted by Gasteiger charge is 2.16. The van der Waals surface area contributed by atoms with Gasteiger partial charge in [-0.05, 0) is 76.2 Å². The summed E-state index contributed by atoms with van der Waals surface area (Å²) in [5.74, 6) is 0. The third kappa shape index (κ3) is 5.37. The van der Waals surface area contributed by atoms with Crippen LogP contribution >= 0.6 is 0 Å². The van der Waals surface area contributed by atoms with Gasteiger partial charge in [0.2, 0.25) is 0 Å². The lowest BCUT2D eigenvalue weighted by Crippen LogP contribution is -1.98. The second kappa shape index (κ2) is 13.2. The Balaban J connectivity index is 1.08. The van der Waals surface area contributed by atoms with Gasteiger partial charge < -0.3 is 9.13 Å². The first-order valence-corrected chi connectivity index (χ1v) is 17.9. The van der Waals surface area contributed by atoms with Crippen LogP contribution < -0.4 is 0 Å². The molecule has 2 heterocycles. The predicted molar refractivity (Wildman–Crippen MR) is 223 cm³/mol. The van der Waals surface area contributed by atoms with Crippen LogP contribution in [0.1, 0.15) is 11.1 Å². The van der Waals surface area contributed by atoms with Crippen molar-refractivity contribution in [2.75, 3.05) is 0 Å². The molecule has 7 aromatic carbocycles. The molecule has 0 aliphatic rings. The topological polar surface area (TPSA) is 9.86 Å². The minimum atomic E-state index is 0.751. The van der Waals surface area contributed by atoms with Crippen molar-refractivity contribution in [2.45, 2.75) is 13.5 Å². The van der Waals surface area contributed by atoms with Gasteiger partial charge >= 0.3 is 0 Å². The van der Waals surface area contributed by atoms with E-state index in [2.05, 4.69) is 205 Å². The summed E-state index contributed by atoms with van der Waals surface area (Å²) >= 11 is 0. The van der Waals surface area contributed by atoms with E-state index in [1.165, 1.54) is 71.4 Å². The van der Waals surface area contributed by atoms with Crippen molar-refractivity contribution in [1.82, 2.24) is 9.13 Å². The summed E-state index contributed by atoms with van der Waals surface area (Å²) in [6.07, 6.45) is 8.49. The van der Waals surface area contributed by atoms with E-state index in [-0.39, 0.29) is 0 Å². The van der Waals surface area contributed by atoms with Gasteiger partial charge in [0, 0.05) is 39.3 Å². The molecule has 52 heavy (non-hydrogen) atoms. The number of para-hydroxylation sites is 2. The Labute approximate surface area is 304 Å². The minimum Gasteiger partial charge on any atom is -0.336 e. The van der Waals surface area contributed by atoms with Crippen molar-refractivity contribution in [3.8, 4) is 27.9 Å². The predicted octanol–water partition coefficient (Wildman–Crippen LogP) is 13.4. The van der Waals surface area contributed by atoms with E-state index >= 15 is 0 Å². The molecule has 0 spiro atoms. The Morgan fingerprint density at radius 3 is 1.90 bits per heavy atom. The number of aryl methyl sites for hydroxylation is 1. The first-order valence-electron chi connectivity index (χ1n) is 17.9. The molecule has 0 aliphatic heterocycles. The standard InChI is InChI=1S/C50H38N2/c1-3-15-36(20-14-33-51-47-23-12-10-22-44(47)46-32-31-42(35(2)50(46)51)39-18-8-5-9-19-39)38-25-28-41(29-26-38)52-48-24-13-11-21-43(48)45-30-27-40(34-49(45)52)37-16-6-4-7-17-37/h3-32,34H,1,33H2,2H3. The molecule has 0 unspecified atom stereocenters. The number of nitrogens with zero attached hydrogens (tertiary/aromatic N) is 2. The SMILES string of the molecule is C=CC=C(C=CCn1c2ccccc2c2ccc(-c3ccccc3)c(C)c21)c1ccc(-n2c3ccccc3c3ccc(-c4ccccc4)cc32)cc1. The lowest BCUT2D eigenvalue weighted by Gasteiger charge is -2.12. The molecule has 0 atom stereocenters. The van der Waals surface area contributed by atoms with E-state index in [0.717, 1.165) is 23.4 Å². The van der Waals surface area contributed by atoms with E-state index < -0.39 is 0 Å². The molecule has 0 bridgehead atoms. The number of hydrogen-bond acceptors (Lipinski definition) is 0. The van der Waals surface area contributed by atoms with Crippen LogP contribution in [-0.2, 0) is 6.54 Å². The maximum atomic E-state index is 4.06. The Hall–Kier alpha value is -6.64. The zero-order valence-corrected chi connectivity index (χ0v) is 29.2. The monoisotopic (exact) mass is 666 g/mol. The van der Waals surface area contributed by atoms with Crippen LogP contribution in [0, 0.1) is 6.92 Å². The van der Waals surface area contributed by atoms with Crippen molar-refractivity contribution >= 4 is 49.2 Å². The van der Waals surface area contributed by atoms with Crippen molar-refractivity contribution in [1.29, 1.82) is 0 Å². The molecule has 2 heteroatoms. The van der Waals surface area contributed by atoms with Gasteiger partial charge in [-0.2, -0.15) is 0 Å². The fraction of sp³-hybridized carbons (Fsp3) is 0.0400. The number of allylic oxidation sites excluding steroid dienone is 5. The summed E-state index contributed by atoms with van der Waals surface area (Å²) < 4.78 is 4.85.